The van der Waals surface area contributed by atoms with Gasteiger partial charge in [-0.15, -0.1) is 0 Å². The van der Waals surface area contributed by atoms with Crippen molar-refractivity contribution in [2.75, 3.05) is 29.9 Å². The number of nitrogens with one attached hydrogen (secondary N) is 3. The van der Waals surface area contributed by atoms with Gasteiger partial charge in [0, 0.05) is 29.9 Å². The third-order valence-electron chi connectivity index (χ3n) is 5.36. The maximum Gasteiger partial charge on any atom is 0.262 e. The Labute approximate surface area is 161 Å². The van der Waals surface area contributed by atoms with Crippen molar-refractivity contribution in [3.05, 3.63) is 42.2 Å². The van der Waals surface area contributed by atoms with Crippen LogP contribution in [0.3, 0.4) is 0 Å². The normalized spacial score (nSPS) is 20.9. The van der Waals surface area contributed by atoms with Gasteiger partial charge in [-0.05, 0) is 25.1 Å². The van der Waals surface area contributed by atoms with E-state index < -0.39 is 6.04 Å². The van der Waals surface area contributed by atoms with Crippen LogP contribution in [-0.4, -0.2) is 43.5 Å². The van der Waals surface area contributed by atoms with E-state index in [1.807, 2.05) is 30.0 Å². The van der Waals surface area contributed by atoms with Crippen LogP contribution in [0.1, 0.15) is 6.92 Å². The molecular weight excluding hydrogens is 361 g/mol. The molecule has 3 aliphatic heterocycles. The number of hydrazone groups is 1. The number of hydrogen-bond donors (Lipinski definition) is 3. The molecule has 1 saturated heterocycles. The molecule has 0 aromatic heterocycles. The molecule has 3 aliphatic rings. The Bertz CT molecular complexity index is 989. The Morgan fingerprint density at radius 1 is 1.25 bits per heavy atom. The van der Waals surface area contributed by atoms with Gasteiger partial charge in [0.15, 0.2) is 5.84 Å². The van der Waals surface area contributed by atoms with Crippen LogP contribution in [0.5, 0.6) is 5.75 Å². The number of carbonyl (C=O) groups is 1. The van der Waals surface area contributed by atoms with Crippen LogP contribution in [0.15, 0.2) is 41.5 Å². The third kappa shape index (κ3) is 2.68. The summed E-state index contributed by atoms with van der Waals surface area (Å²) < 4.78 is 20.4. The lowest BCUT2D eigenvalue weighted by Gasteiger charge is -2.39. The molecule has 5 rings (SSSR count). The van der Waals surface area contributed by atoms with Gasteiger partial charge in [-0.1, -0.05) is 18.2 Å². The largest absolute Gasteiger partial charge is 0.483 e. The van der Waals surface area contributed by atoms with E-state index in [1.54, 1.807) is 12.1 Å². The molecule has 2 aromatic rings. The summed E-state index contributed by atoms with van der Waals surface area (Å²) in [4.78, 5) is 14.0. The van der Waals surface area contributed by atoms with Gasteiger partial charge in [0.25, 0.3) is 5.91 Å². The lowest BCUT2D eigenvalue weighted by Crippen LogP contribution is -2.55. The average Bonchev–Trinajstić information content (AvgIpc) is 2.67. The molecule has 1 unspecified atom stereocenters. The number of amidine groups is 1. The van der Waals surface area contributed by atoms with Crippen LogP contribution in [-0.2, 0) is 4.79 Å². The highest BCUT2D eigenvalue weighted by Gasteiger charge is 2.36. The van der Waals surface area contributed by atoms with E-state index in [0.717, 1.165) is 30.0 Å². The highest BCUT2D eigenvalue weighted by Crippen LogP contribution is 2.43. The summed E-state index contributed by atoms with van der Waals surface area (Å²) in [7, 11) is 0. The van der Waals surface area contributed by atoms with Gasteiger partial charge in [-0.25, -0.2) is 9.82 Å². The summed E-state index contributed by atoms with van der Waals surface area (Å²) in [6.45, 7) is 3.76. The zero-order valence-electron chi connectivity index (χ0n) is 15.3. The molecule has 0 radical (unpaired) electrons. The van der Waals surface area contributed by atoms with E-state index in [9.17, 15) is 9.18 Å². The molecule has 1 amide bonds. The zero-order chi connectivity index (χ0) is 19.3. The molecule has 0 saturated carbocycles. The molecule has 1 atom stereocenters. The van der Waals surface area contributed by atoms with Gasteiger partial charge in [0.1, 0.15) is 24.2 Å². The molecule has 3 N–H and O–H groups in total. The zero-order valence-corrected chi connectivity index (χ0v) is 15.3. The minimum absolute atomic E-state index is 0.174. The first-order valence-corrected chi connectivity index (χ1v) is 9.30. The van der Waals surface area contributed by atoms with Crippen LogP contribution in [0.2, 0.25) is 0 Å². The highest BCUT2D eigenvalue weighted by atomic mass is 19.1. The van der Waals surface area contributed by atoms with Crippen LogP contribution in [0, 0.1) is 5.82 Å². The molecule has 144 valence electrons. The van der Waals surface area contributed by atoms with Crippen molar-refractivity contribution in [2.45, 2.75) is 19.0 Å². The smallest absolute Gasteiger partial charge is 0.262 e. The minimum Gasteiger partial charge on any atom is -0.483 e. The Balaban J connectivity index is 1.65. The van der Waals surface area contributed by atoms with Crippen molar-refractivity contribution in [3.8, 4) is 16.9 Å². The quantitative estimate of drug-likeness (QED) is 0.757. The Morgan fingerprint density at radius 3 is 2.82 bits per heavy atom. The predicted octanol–water partition coefficient (Wildman–Crippen LogP) is 1.91. The first-order chi connectivity index (χ1) is 13.6. The monoisotopic (exact) mass is 381 g/mol. The highest BCUT2D eigenvalue weighted by molar-refractivity contribution is 6.10. The molecule has 1 fully saturated rings. The first-order valence-electron chi connectivity index (χ1n) is 9.30. The Hall–Kier alpha value is -3.13. The maximum atomic E-state index is 14.5. The summed E-state index contributed by atoms with van der Waals surface area (Å²) in [5.41, 5.74) is 5.32. The second kappa shape index (κ2) is 6.49. The summed E-state index contributed by atoms with van der Waals surface area (Å²) in [6.07, 6.45) is 0. The van der Waals surface area contributed by atoms with Crippen LogP contribution in [0.4, 0.5) is 15.8 Å². The number of carbonyl (C=O) groups excluding carboxylic acids is 1. The molecule has 8 heteroatoms. The van der Waals surface area contributed by atoms with Crippen molar-refractivity contribution in [1.29, 1.82) is 0 Å². The predicted molar refractivity (Wildman–Crippen MR) is 105 cm³/mol. The van der Waals surface area contributed by atoms with Gasteiger partial charge < -0.3 is 20.3 Å². The number of halogens is 1. The van der Waals surface area contributed by atoms with Crippen molar-refractivity contribution < 1.29 is 13.9 Å². The van der Waals surface area contributed by atoms with Gasteiger partial charge in [-0.3, -0.25) is 4.79 Å². The van der Waals surface area contributed by atoms with Gasteiger partial charge >= 0.3 is 0 Å². The SMILES string of the molecule is CC1C(=O)NN=C2COc3cc(-c4ccccc4F)c(NC4CNC4)cc3N21. The van der Waals surface area contributed by atoms with Gasteiger partial charge in [-0.2, -0.15) is 5.10 Å². The fourth-order valence-electron chi connectivity index (χ4n) is 3.70. The van der Waals surface area contributed by atoms with Crippen molar-refractivity contribution in [1.82, 2.24) is 10.7 Å². The standard InChI is InChI=1S/C20H20FN5O2/c1-11-20(27)25-24-19-10-28-18-6-14(13-4-2-3-5-15(13)21)16(7-17(18)26(11)19)23-12-8-22-9-12/h2-7,11-12,22-23H,8-10H2,1H3,(H,25,27). The molecular formula is C20H20FN5O2. The Morgan fingerprint density at radius 2 is 2.07 bits per heavy atom. The summed E-state index contributed by atoms with van der Waals surface area (Å²) in [6, 6.07) is 10.3. The van der Waals surface area contributed by atoms with Crippen molar-refractivity contribution in [3.63, 3.8) is 0 Å². The van der Waals surface area contributed by atoms with E-state index >= 15 is 0 Å². The molecule has 0 spiro atoms. The number of rotatable bonds is 3. The van der Waals surface area contributed by atoms with Crippen molar-refractivity contribution >= 4 is 23.1 Å². The van der Waals surface area contributed by atoms with E-state index in [-0.39, 0.29) is 24.4 Å². The van der Waals surface area contributed by atoms with Crippen LogP contribution in [0.25, 0.3) is 11.1 Å². The molecule has 0 aliphatic carbocycles. The van der Waals surface area contributed by atoms with E-state index in [0.29, 0.717) is 17.1 Å². The minimum atomic E-state index is -0.410. The van der Waals surface area contributed by atoms with Crippen LogP contribution < -0.4 is 25.7 Å². The molecule has 2 aromatic carbocycles. The number of fused-ring (bicyclic) bond motifs is 3. The van der Waals surface area contributed by atoms with E-state index in [4.69, 9.17) is 4.74 Å². The molecule has 3 heterocycles. The Kier molecular flexibility index (Phi) is 3.94. The van der Waals surface area contributed by atoms with E-state index in [1.165, 1.54) is 6.07 Å². The number of nitrogens with zero attached hydrogens (tertiary/aromatic N) is 2. The number of benzene rings is 2. The maximum absolute atomic E-state index is 14.5. The first kappa shape index (κ1) is 17.0. The second-order valence-electron chi connectivity index (χ2n) is 7.18. The molecule has 7 nitrogen and oxygen atoms in total. The summed E-state index contributed by atoms with van der Waals surface area (Å²) in [5.74, 6) is 0.791. The molecule has 28 heavy (non-hydrogen) atoms. The topological polar surface area (TPSA) is 78.0 Å². The molecule has 0 bridgehead atoms. The fraction of sp³-hybridized carbons (Fsp3) is 0.300. The summed E-state index contributed by atoms with van der Waals surface area (Å²) in [5, 5.41) is 10.8. The average molecular weight is 381 g/mol. The third-order valence-corrected chi connectivity index (χ3v) is 5.36. The van der Waals surface area contributed by atoms with Crippen LogP contribution >= 0.6 is 0 Å². The van der Waals surface area contributed by atoms with Crippen molar-refractivity contribution in [2.24, 2.45) is 5.10 Å². The number of ether oxygens (including phenoxy) is 1. The van der Waals surface area contributed by atoms with E-state index in [2.05, 4.69) is 21.2 Å². The lowest BCUT2D eigenvalue weighted by atomic mass is 9.99. The summed E-state index contributed by atoms with van der Waals surface area (Å²) >= 11 is 0. The lowest BCUT2D eigenvalue weighted by molar-refractivity contribution is -0.122. The number of amides is 1. The number of anilines is 2. The fourth-order valence-corrected chi connectivity index (χ4v) is 3.70. The number of hydrogen-bond acceptors (Lipinski definition) is 6. The second-order valence-corrected chi connectivity index (χ2v) is 7.18. The van der Waals surface area contributed by atoms with Gasteiger partial charge in [0.05, 0.1) is 11.7 Å². The van der Waals surface area contributed by atoms with Gasteiger partial charge in [0.2, 0.25) is 0 Å².